The van der Waals surface area contributed by atoms with Crippen molar-refractivity contribution in [1.82, 2.24) is 19.9 Å². The molecule has 3 rings (SSSR count). The Balaban J connectivity index is 2.00. The van der Waals surface area contributed by atoms with Crippen LogP contribution in [0.4, 0.5) is 11.9 Å². The molecule has 31 heavy (non-hydrogen) atoms. The van der Waals surface area contributed by atoms with Gasteiger partial charge >= 0.3 is 0 Å². The lowest BCUT2D eigenvalue weighted by Gasteiger charge is -2.55. The Morgan fingerprint density at radius 1 is 1.00 bits per heavy atom. The first-order chi connectivity index (χ1) is 14.4. The first-order valence-corrected chi connectivity index (χ1v) is 12.0. The second-order valence-electron chi connectivity index (χ2n) is 11.0. The molecule has 0 saturated carbocycles. The summed E-state index contributed by atoms with van der Waals surface area (Å²) >= 11 is 0. The van der Waals surface area contributed by atoms with Crippen LogP contribution >= 0.6 is 0 Å². The van der Waals surface area contributed by atoms with Gasteiger partial charge in [0.2, 0.25) is 11.9 Å². The predicted octanol–water partition coefficient (Wildman–Crippen LogP) is 3.87. The number of nitrogens with zero attached hydrogens (tertiary/aromatic N) is 6. The highest BCUT2D eigenvalue weighted by Crippen LogP contribution is 2.39. The zero-order valence-electron chi connectivity index (χ0n) is 21.3. The minimum absolute atomic E-state index is 0.0507. The normalized spacial score (nSPS) is 22.5. The van der Waals surface area contributed by atoms with Crippen LogP contribution in [0, 0.1) is 0 Å². The van der Waals surface area contributed by atoms with Gasteiger partial charge in [-0.05, 0) is 60.4 Å². The number of hydrogen-bond acceptors (Lipinski definition) is 7. The van der Waals surface area contributed by atoms with Crippen molar-refractivity contribution in [3.05, 3.63) is 5.82 Å². The van der Waals surface area contributed by atoms with E-state index >= 15 is 0 Å². The molecule has 0 atom stereocenters. The zero-order chi connectivity index (χ0) is 23.0. The molecule has 2 saturated heterocycles. The lowest BCUT2D eigenvalue weighted by molar-refractivity contribution is -0.0121. The fraction of sp³-hybridized carbons (Fsp3) is 0.875. The summed E-state index contributed by atoms with van der Waals surface area (Å²) in [6.45, 7) is 19.2. The van der Waals surface area contributed by atoms with Gasteiger partial charge in [0.15, 0.2) is 0 Å². The zero-order valence-corrected chi connectivity index (χ0v) is 21.3. The minimum Gasteiger partial charge on any atom is -0.378 e. The Hall–Kier alpha value is -1.47. The van der Waals surface area contributed by atoms with Crippen molar-refractivity contribution in [2.75, 3.05) is 50.2 Å². The maximum absolute atomic E-state index is 5.56. The Morgan fingerprint density at radius 3 is 2.06 bits per heavy atom. The van der Waals surface area contributed by atoms with Crippen LogP contribution in [-0.2, 0) is 10.2 Å². The average Bonchev–Trinajstić information content (AvgIpc) is 2.76. The molecule has 0 aliphatic carbocycles. The van der Waals surface area contributed by atoms with Crippen LogP contribution in [0.1, 0.15) is 80.0 Å². The summed E-state index contributed by atoms with van der Waals surface area (Å²) in [5, 5.41) is 0. The average molecular weight is 433 g/mol. The Bertz CT molecular complexity index is 736. The van der Waals surface area contributed by atoms with E-state index in [1.54, 1.807) is 0 Å². The number of likely N-dealkylation sites (tertiary alicyclic amines) is 1. The molecule has 2 aliphatic heterocycles. The van der Waals surface area contributed by atoms with Crippen LogP contribution in [0.2, 0.25) is 0 Å². The number of rotatable bonds is 6. The molecule has 0 bridgehead atoms. The highest BCUT2D eigenvalue weighted by molar-refractivity contribution is 5.41. The van der Waals surface area contributed by atoms with Crippen molar-refractivity contribution in [2.45, 2.75) is 96.7 Å². The van der Waals surface area contributed by atoms with Crippen molar-refractivity contribution in [3.63, 3.8) is 0 Å². The van der Waals surface area contributed by atoms with E-state index in [0.29, 0.717) is 6.04 Å². The second-order valence-corrected chi connectivity index (χ2v) is 11.0. The van der Waals surface area contributed by atoms with Gasteiger partial charge in [0.05, 0.1) is 13.2 Å². The summed E-state index contributed by atoms with van der Waals surface area (Å²) in [7, 11) is 4.42. The fourth-order valence-electron chi connectivity index (χ4n) is 5.01. The molecule has 0 aromatic carbocycles. The highest BCUT2D eigenvalue weighted by Gasteiger charge is 2.44. The van der Waals surface area contributed by atoms with E-state index in [0.717, 1.165) is 69.7 Å². The molecule has 0 radical (unpaired) electrons. The number of aromatic nitrogens is 3. The molecule has 0 amide bonds. The van der Waals surface area contributed by atoms with Crippen molar-refractivity contribution in [2.24, 2.45) is 0 Å². The third kappa shape index (κ3) is 4.82. The fourth-order valence-corrected chi connectivity index (χ4v) is 5.01. The van der Waals surface area contributed by atoms with Crippen LogP contribution in [0.25, 0.3) is 0 Å². The SMILES string of the molecule is CCC(C)(CC)c1nc(N2CCOCC2)nc(N(C)C2CC(C)(C)N(C)C(C)(C)C2)n1. The molecule has 7 nitrogen and oxygen atoms in total. The van der Waals surface area contributed by atoms with Crippen LogP contribution in [0.5, 0.6) is 0 Å². The van der Waals surface area contributed by atoms with Gasteiger partial charge in [0.1, 0.15) is 5.82 Å². The summed E-state index contributed by atoms with van der Waals surface area (Å²) in [4.78, 5) is 22.1. The van der Waals surface area contributed by atoms with Crippen LogP contribution in [-0.4, -0.2) is 77.4 Å². The first-order valence-electron chi connectivity index (χ1n) is 12.0. The van der Waals surface area contributed by atoms with Gasteiger partial charge in [-0.2, -0.15) is 15.0 Å². The summed E-state index contributed by atoms with van der Waals surface area (Å²) in [6, 6.07) is 0.378. The molecule has 1 aromatic rings. The molecular weight excluding hydrogens is 388 g/mol. The molecule has 2 fully saturated rings. The summed E-state index contributed by atoms with van der Waals surface area (Å²) in [5.74, 6) is 2.53. The molecule has 0 N–H and O–H groups in total. The summed E-state index contributed by atoms with van der Waals surface area (Å²) in [6.07, 6.45) is 4.17. The third-order valence-electron chi connectivity index (χ3n) is 8.16. The van der Waals surface area contributed by atoms with E-state index in [2.05, 4.69) is 77.3 Å². The lowest BCUT2D eigenvalue weighted by atomic mass is 9.77. The summed E-state index contributed by atoms with van der Waals surface area (Å²) < 4.78 is 5.56. The molecule has 2 aliphatic rings. The van der Waals surface area contributed by atoms with Crippen molar-refractivity contribution in [1.29, 1.82) is 0 Å². The largest absolute Gasteiger partial charge is 0.378 e. The maximum atomic E-state index is 5.56. The first kappa shape index (κ1) is 24.2. The van der Waals surface area contributed by atoms with E-state index < -0.39 is 0 Å². The van der Waals surface area contributed by atoms with E-state index in [1.807, 2.05) is 0 Å². The second kappa shape index (κ2) is 8.81. The van der Waals surface area contributed by atoms with E-state index in [4.69, 9.17) is 19.7 Å². The maximum Gasteiger partial charge on any atom is 0.230 e. The third-order valence-corrected chi connectivity index (χ3v) is 8.16. The number of ether oxygens (including phenoxy) is 1. The van der Waals surface area contributed by atoms with E-state index in [9.17, 15) is 0 Å². The Kier molecular flexibility index (Phi) is 6.87. The number of morpholine rings is 1. The van der Waals surface area contributed by atoms with Gasteiger partial charge in [-0.25, -0.2) is 0 Å². The Labute approximate surface area is 189 Å². The van der Waals surface area contributed by atoms with Gasteiger partial charge in [-0.3, -0.25) is 4.90 Å². The monoisotopic (exact) mass is 432 g/mol. The van der Waals surface area contributed by atoms with Gasteiger partial charge in [0, 0.05) is 42.7 Å². The highest BCUT2D eigenvalue weighted by atomic mass is 16.5. The van der Waals surface area contributed by atoms with Crippen molar-refractivity contribution < 1.29 is 4.74 Å². The van der Waals surface area contributed by atoms with Gasteiger partial charge < -0.3 is 14.5 Å². The summed E-state index contributed by atoms with van der Waals surface area (Å²) in [5.41, 5.74) is 0.181. The van der Waals surface area contributed by atoms with Gasteiger partial charge in [0.25, 0.3) is 0 Å². The molecule has 3 heterocycles. The van der Waals surface area contributed by atoms with Crippen molar-refractivity contribution >= 4 is 11.9 Å². The topological polar surface area (TPSA) is 57.6 Å². The Morgan fingerprint density at radius 2 is 1.55 bits per heavy atom. The number of piperidine rings is 1. The molecule has 7 heteroatoms. The van der Waals surface area contributed by atoms with E-state index in [1.165, 1.54) is 0 Å². The molecular formula is C24H44N6O. The standard InChI is InChI=1S/C24H44N6O/c1-10-24(7,11-2)19-25-20(27-21(26-19)30-12-14-31-15-13-30)28(8)18-16-22(3,4)29(9)23(5,6)17-18/h18H,10-17H2,1-9H3. The van der Waals surface area contributed by atoms with Crippen molar-refractivity contribution in [3.8, 4) is 0 Å². The van der Waals surface area contributed by atoms with Crippen LogP contribution in [0.3, 0.4) is 0 Å². The van der Waals surface area contributed by atoms with Crippen LogP contribution in [0.15, 0.2) is 0 Å². The van der Waals surface area contributed by atoms with Gasteiger partial charge in [-0.15, -0.1) is 0 Å². The van der Waals surface area contributed by atoms with E-state index in [-0.39, 0.29) is 16.5 Å². The lowest BCUT2D eigenvalue weighted by Crippen LogP contribution is -2.62. The quantitative estimate of drug-likeness (QED) is 0.676. The molecule has 0 spiro atoms. The predicted molar refractivity (Wildman–Crippen MR) is 128 cm³/mol. The minimum atomic E-state index is -0.0507. The molecule has 1 aromatic heterocycles. The van der Waals surface area contributed by atoms with Gasteiger partial charge in [-0.1, -0.05) is 20.8 Å². The number of anilines is 2. The molecule has 0 unspecified atom stereocenters. The molecule has 176 valence electrons. The smallest absolute Gasteiger partial charge is 0.230 e. The number of hydrogen-bond donors (Lipinski definition) is 0. The van der Waals surface area contributed by atoms with Crippen LogP contribution < -0.4 is 9.80 Å².